The number of halogens is 1. The topological polar surface area (TPSA) is 180 Å². The van der Waals surface area contributed by atoms with Crippen molar-refractivity contribution in [3.8, 4) is 11.1 Å². The standard InChI is InChI=1S/C34H41N7O4.ClH/c1-19(2)37-32(43)29-15-14-26(20(3)38-29)23-8-4-21(5-9-23)16-28(36)34(45)41(33(44)24-10-6-22(18-35)7-11-24)25-12-13-27-30(17-25)39-40-31(27)42;/h4-5,8-9,12-15,17,19,22,24,28H,6-7,10-11,16,18,35-36H2,1-3H3,(H,37,43)(H2,39,40,42);1H/t22?,24?,28-;/m0./s1. The van der Waals surface area contributed by atoms with Crippen molar-refractivity contribution in [3.05, 3.63) is 81.9 Å². The number of nitrogens with zero attached hydrogens (tertiary/aromatic N) is 2. The monoisotopic (exact) mass is 647 g/mol. The fourth-order valence-electron chi connectivity index (χ4n) is 6.01. The second-order valence-corrected chi connectivity index (χ2v) is 12.2. The summed E-state index contributed by atoms with van der Waals surface area (Å²) in [5.74, 6) is -0.939. The molecule has 4 aromatic rings. The number of nitrogens with one attached hydrogen (secondary N) is 3. The number of anilines is 1. The summed E-state index contributed by atoms with van der Waals surface area (Å²) in [7, 11) is 0. The zero-order valence-electron chi connectivity index (χ0n) is 26.3. The number of aromatic nitrogens is 3. The van der Waals surface area contributed by atoms with Gasteiger partial charge in [-0.3, -0.25) is 29.4 Å². The van der Waals surface area contributed by atoms with E-state index in [1.165, 1.54) is 4.90 Å². The zero-order valence-corrected chi connectivity index (χ0v) is 27.2. The van der Waals surface area contributed by atoms with Crippen LogP contribution in [0.15, 0.2) is 59.4 Å². The summed E-state index contributed by atoms with van der Waals surface area (Å²) in [4.78, 5) is 57.9. The SMILES string of the molecule is Cc1nc(C(=O)NC(C)C)ccc1-c1ccc(C[C@H](N)C(=O)N(C(=O)C2CCC(CN)CC2)c2ccc3c(=O)[nH][nH]c3c2)cc1.Cl. The normalized spacial score (nSPS) is 16.9. The number of rotatable bonds is 9. The van der Waals surface area contributed by atoms with Crippen molar-refractivity contribution in [1.29, 1.82) is 0 Å². The van der Waals surface area contributed by atoms with Gasteiger partial charge >= 0.3 is 0 Å². The minimum Gasteiger partial charge on any atom is -0.349 e. The van der Waals surface area contributed by atoms with Gasteiger partial charge in [-0.15, -0.1) is 12.4 Å². The van der Waals surface area contributed by atoms with E-state index >= 15 is 0 Å². The van der Waals surface area contributed by atoms with Crippen molar-refractivity contribution in [1.82, 2.24) is 20.5 Å². The highest BCUT2D eigenvalue weighted by atomic mass is 35.5. The van der Waals surface area contributed by atoms with E-state index < -0.39 is 11.9 Å². The summed E-state index contributed by atoms with van der Waals surface area (Å²) in [6.07, 6.45) is 3.20. The van der Waals surface area contributed by atoms with Gasteiger partial charge in [0.2, 0.25) is 5.91 Å². The lowest BCUT2D eigenvalue weighted by Gasteiger charge is -2.32. The number of imide groups is 1. The van der Waals surface area contributed by atoms with E-state index in [4.69, 9.17) is 11.5 Å². The zero-order chi connectivity index (χ0) is 32.2. The molecular formula is C34H42ClN7O4. The molecule has 244 valence electrons. The van der Waals surface area contributed by atoms with Crippen molar-refractivity contribution in [2.24, 2.45) is 23.3 Å². The first-order valence-electron chi connectivity index (χ1n) is 15.5. The van der Waals surface area contributed by atoms with Crippen molar-refractivity contribution in [3.63, 3.8) is 0 Å². The first-order chi connectivity index (χ1) is 21.5. The molecule has 1 aliphatic rings. The van der Waals surface area contributed by atoms with Gasteiger partial charge in [-0.25, -0.2) is 9.88 Å². The fourth-order valence-corrected chi connectivity index (χ4v) is 6.01. The Bertz CT molecular complexity index is 1760. The summed E-state index contributed by atoms with van der Waals surface area (Å²) < 4.78 is 0. The van der Waals surface area contributed by atoms with E-state index in [1.807, 2.05) is 51.1 Å². The van der Waals surface area contributed by atoms with Crippen LogP contribution in [-0.2, 0) is 16.0 Å². The van der Waals surface area contributed by atoms with Crippen molar-refractivity contribution in [2.75, 3.05) is 11.4 Å². The average Bonchev–Trinajstić information content (AvgIpc) is 3.40. The molecule has 12 heteroatoms. The molecule has 1 atom stereocenters. The summed E-state index contributed by atoms with van der Waals surface area (Å²) in [6.45, 7) is 6.24. The predicted octanol–water partition coefficient (Wildman–Crippen LogP) is 3.98. The van der Waals surface area contributed by atoms with Crippen LogP contribution < -0.4 is 27.2 Å². The number of pyridine rings is 1. The third kappa shape index (κ3) is 7.55. The highest BCUT2D eigenvalue weighted by Gasteiger charge is 2.35. The Morgan fingerprint density at radius 1 is 1.00 bits per heavy atom. The van der Waals surface area contributed by atoms with Crippen LogP contribution in [-0.4, -0.2) is 51.5 Å². The van der Waals surface area contributed by atoms with E-state index in [1.54, 1.807) is 24.3 Å². The number of amides is 3. The minimum absolute atomic E-state index is 0. The van der Waals surface area contributed by atoms with Crippen LogP contribution in [0.25, 0.3) is 22.0 Å². The molecule has 2 aromatic carbocycles. The number of H-pyrrole nitrogens is 2. The first kappa shape index (κ1) is 34.6. The quantitative estimate of drug-likeness (QED) is 0.182. The van der Waals surface area contributed by atoms with Crippen LogP contribution in [0.3, 0.4) is 0 Å². The van der Waals surface area contributed by atoms with Gasteiger partial charge in [-0.05, 0) is 101 Å². The van der Waals surface area contributed by atoms with Gasteiger partial charge in [-0.2, -0.15) is 0 Å². The van der Waals surface area contributed by atoms with Crippen LogP contribution in [0.1, 0.15) is 61.3 Å². The van der Waals surface area contributed by atoms with Crippen LogP contribution in [0, 0.1) is 18.8 Å². The van der Waals surface area contributed by atoms with E-state index in [0.717, 1.165) is 35.2 Å². The molecule has 1 fully saturated rings. The highest BCUT2D eigenvalue weighted by molar-refractivity contribution is 6.17. The minimum atomic E-state index is -0.983. The summed E-state index contributed by atoms with van der Waals surface area (Å²) >= 11 is 0. The Morgan fingerprint density at radius 3 is 2.33 bits per heavy atom. The van der Waals surface area contributed by atoms with Crippen LogP contribution in [0.2, 0.25) is 0 Å². The predicted molar refractivity (Wildman–Crippen MR) is 182 cm³/mol. The van der Waals surface area contributed by atoms with Gasteiger partial charge in [0.1, 0.15) is 5.69 Å². The maximum atomic E-state index is 13.9. The number of carbonyl (C=O) groups is 3. The Labute approximate surface area is 273 Å². The Balaban J connectivity index is 0.00000480. The summed E-state index contributed by atoms with van der Waals surface area (Å²) in [5.41, 5.74) is 16.7. The number of aromatic amines is 2. The number of hydrogen-bond acceptors (Lipinski definition) is 7. The fraction of sp³-hybridized carbons (Fsp3) is 0.382. The van der Waals surface area contributed by atoms with Gasteiger partial charge in [-0.1, -0.05) is 30.3 Å². The molecule has 0 saturated heterocycles. The highest BCUT2D eigenvalue weighted by Crippen LogP contribution is 2.32. The second kappa shape index (κ2) is 14.8. The number of aryl methyl sites for hydroxylation is 1. The third-order valence-corrected chi connectivity index (χ3v) is 8.56. The maximum Gasteiger partial charge on any atom is 0.271 e. The van der Waals surface area contributed by atoms with E-state index in [2.05, 4.69) is 20.5 Å². The molecule has 11 nitrogen and oxygen atoms in total. The van der Waals surface area contributed by atoms with Crippen molar-refractivity contribution < 1.29 is 14.4 Å². The van der Waals surface area contributed by atoms with Gasteiger partial charge in [0.25, 0.3) is 17.4 Å². The molecular weight excluding hydrogens is 606 g/mol. The molecule has 0 aliphatic heterocycles. The molecule has 0 unspecified atom stereocenters. The molecule has 1 saturated carbocycles. The average molecular weight is 648 g/mol. The largest absolute Gasteiger partial charge is 0.349 e. The molecule has 0 spiro atoms. The molecule has 2 aromatic heterocycles. The van der Waals surface area contributed by atoms with Gasteiger partial charge in [0.15, 0.2) is 0 Å². The summed E-state index contributed by atoms with van der Waals surface area (Å²) in [6, 6.07) is 15.1. The van der Waals surface area contributed by atoms with Gasteiger partial charge in [0.05, 0.1) is 22.6 Å². The number of hydrogen-bond donors (Lipinski definition) is 5. The van der Waals surface area contributed by atoms with E-state index in [9.17, 15) is 19.2 Å². The molecule has 7 N–H and O–H groups in total. The van der Waals surface area contributed by atoms with E-state index in [0.29, 0.717) is 47.6 Å². The molecule has 0 radical (unpaired) electrons. The molecule has 3 amide bonds. The number of nitrogens with two attached hydrogens (primary N) is 2. The number of benzene rings is 2. The lowest BCUT2D eigenvalue weighted by atomic mass is 9.81. The van der Waals surface area contributed by atoms with Gasteiger partial charge in [0, 0.05) is 23.2 Å². The molecule has 2 heterocycles. The smallest absolute Gasteiger partial charge is 0.271 e. The van der Waals surface area contributed by atoms with E-state index in [-0.39, 0.29) is 48.2 Å². The Hall–Kier alpha value is -4.32. The van der Waals surface area contributed by atoms with Crippen LogP contribution >= 0.6 is 12.4 Å². The lowest BCUT2D eigenvalue weighted by Crippen LogP contribution is -2.50. The van der Waals surface area contributed by atoms with Crippen LogP contribution in [0.4, 0.5) is 5.69 Å². The Morgan fingerprint density at radius 2 is 1.70 bits per heavy atom. The number of carbonyl (C=O) groups excluding carboxylic acids is 3. The number of fused-ring (bicyclic) bond motifs is 1. The molecule has 5 rings (SSSR count). The van der Waals surface area contributed by atoms with Gasteiger partial charge < -0.3 is 16.8 Å². The second-order valence-electron chi connectivity index (χ2n) is 12.2. The molecule has 0 bridgehead atoms. The third-order valence-electron chi connectivity index (χ3n) is 8.56. The molecule has 46 heavy (non-hydrogen) atoms. The maximum absolute atomic E-state index is 13.9. The Kier molecular flexibility index (Phi) is 11.2. The first-order valence-corrected chi connectivity index (χ1v) is 15.5. The van der Waals surface area contributed by atoms with Crippen molar-refractivity contribution in [2.45, 2.75) is 65.0 Å². The van der Waals surface area contributed by atoms with Crippen LogP contribution in [0.5, 0.6) is 0 Å². The summed E-state index contributed by atoms with van der Waals surface area (Å²) in [5, 5.41) is 8.63. The lowest BCUT2D eigenvalue weighted by molar-refractivity contribution is -0.130. The molecule has 1 aliphatic carbocycles. The van der Waals surface area contributed by atoms with Crippen molar-refractivity contribution >= 4 is 46.7 Å².